The molecule has 1 spiro atoms. The Labute approximate surface area is 251 Å². The van der Waals surface area contributed by atoms with E-state index in [-0.39, 0.29) is 31.8 Å². The van der Waals surface area contributed by atoms with Gasteiger partial charge < -0.3 is 15.1 Å². The van der Waals surface area contributed by atoms with Gasteiger partial charge in [0.2, 0.25) is 0 Å². The summed E-state index contributed by atoms with van der Waals surface area (Å²) in [5.41, 5.74) is 5.78. The number of anilines is 1. The van der Waals surface area contributed by atoms with Gasteiger partial charge in [0.15, 0.2) is 0 Å². The van der Waals surface area contributed by atoms with Gasteiger partial charge in [-0.15, -0.1) is 11.3 Å². The number of fused-ring (bicyclic) bond motifs is 2. The van der Waals surface area contributed by atoms with Crippen molar-refractivity contribution in [1.82, 2.24) is 20.1 Å². The summed E-state index contributed by atoms with van der Waals surface area (Å²) in [5, 5.41) is 4.55. The van der Waals surface area contributed by atoms with E-state index in [1.807, 2.05) is 12.1 Å². The monoisotopic (exact) mass is 611 g/mol. The van der Waals surface area contributed by atoms with E-state index in [9.17, 15) is 18.4 Å². The van der Waals surface area contributed by atoms with E-state index < -0.39 is 18.0 Å². The van der Waals surface area contributed by atoms with E-state index >= 15 is 0 Å². The minimum absolute atomic E-state index is 0.105. The van der Waals surface area contributed by atoms with Crippen LogP contribution in [0.2, 0.25) is 5.02 Å². The molecule has 220 valence electrons. The molecule has 7 nitrogen and oxygen atoms in total. The number of pyridine rings is 1. The largest absolute Gasteiger partial charge is 0.366 e. The van der Waals surface area contributed by atoms with Crippen LogP contribution in [0.4, 0.5) is 19.3 Å². The van der Waals surface area contributed by atoms with Gasteiger partial charge in [-0.1, -0.05) is 11.6 Å². The van der Waals surface area contributed by atoms with Gasteiger partial charge in [-0.3, -0.25) is 14.7 Å². The van der Waals surface area contributed by atoms with Crippen molar-refractivity contribution in [3.05, 3.63) is 45.9 Å². The van der Waals surface area contributed by atoms with Crippen LogP contribution < -0.4 is 10.2 Å². The number of thiophene rings is 1. The fraction of sp³-hybridized carbons (Fsp3) is 0.516. The number of imide groups is 1. The zero-order valence-electron chi connectivity index (χ0n) is 23.2. The number of nitrogens with one attached hydrogen (secondary N) is 1. The number of halogens is 3. The summed E-state index contributed by atoms with van der Waals surface area (Å²) in [6.07, 6.45) is 8.10. The number of carbonyl (C=O) groups is 2. The first-order chi connectivity index (χ1) is 20.2. The smallest absolute Gasteiger partial charge is 0.327 e. The standard InChI is InChI=1S/C31H32ClF2N5O2S/c32-19-9-18-3-1-8-37(21-12-30(36-15-21)5-2-6-30)27(18)24(10-19)23-4-7-35-25-11-22(42-28(23)25)16-39-26(40)17-38(29(39)41)20-13-31(33,34)14-20/h4,7,9-11,20-21,36H,1-3,5-6,8,12-17H2. The molecule has 2 saturated carbocycles. The number of amides is 3. The lowest BCUT2D eigenvalue weighted by Gasteiger charge is -2.41. The zero-order valence-corrected chi connectivity index (χ0v) is 24.7. The lowest BCUT2D eigenvalue weighted by molar-refractivity contribution is -0.128. The Morgan fingerprint density at radius 2 is 1.88 bits per heavy atom. The molecule has 5 aliphatic rings. The third kappa shape index (κ3) is 4.32. The third-order valence-electron chi connectivity index (χ3n) is 10.0. The normalized spacial score (nSPS) is 24.9. The average molecular weight is 612 g/mol. The highest BCUT2D eigenvalue weighted by atomic mass is 35.5. The molecular formula is C31H32ClF2N5O2S. The van der Waals surface area contributed by atoms with Gasteiger partial charge in [0.25, 0.3) is 11.8 Å². The van der Waals surface area contributed by atoms with Crippen molar-refractivity contribution in [2.45, 2.75) is 81.5 Å². The van der Waals surface area contributed by atoms with Crippen LogP contribution >= 0.6 is 22.9 Å². The molecule has 0 radical (unpaired) electrons. The zero-order chi connectivity index (χ0) is 28.8. The van der Waals surface area contributed by atoms with Crippen LogP contribution in [0, 0.1) is 0 Å². The first-order valence-corrected chi connectivity index (χ1v) is 16.1. The maximum absolute atomic E-state index is 13.4. The van der Waals surface area contributed by atoms with Crippen molar-refractivity contribution in [3.63, 3.8) is 0 Å². The van der Waals surface area contributed by atoms with Crippen molar-refractivity contribution < 1.29 is 18.4 Å². The molecule has 3 aromatic rings. The first-order valence-electron chi connectivity index (χ1n) is 14.9. The van der Waals surface area contributed by atoms with Gasteiger partial charge >= 0.3 is 6.03 Å². The second-order valence-electron chi connectivity index (χ2n) is 12.7. The van der Waals surface area contributed by atoms with E-state index in [0.29, 0.717) is 16.6 Å². The molecule has 1 N–H and O–H groups in total. The van der Waals surface area contributed by atoms with E-state index in [1.54, 1.807) is 6.20 Å². The van der Waals surface area contributed by atoms with Crippen molar-refractivity contribution in [1.29, 1.82) is 0 Å². The number of aromatic nitrogens is 1. The number of urea groups is 1. The summed E-state index contributed by atoms with van der Waals surface area (Å²) < 4.78 is 27.9. The number of benzene rings is 1. The SMILES string of the molecule is O=C1CN(C2CC(F)(F)C2)C(=O)N1Cc1cc2nccc(-c3cc(Cl)cc4c3N(C3CNC5(CCC5)C3)CCC4)c2s1. The number of aryl methyl sites for hydroxylation is 1. The lowest BCUT2D eigenvalue weighted by Crippen LogP contribution is -2.52. The molecule has 1 aromatic carbocycles. The Bertz CT molecular complexity index is 1620. The predicted molar refractivity (Wildman–Crippen MR) is 159 cm³/mol. The second kappa shape index (κ2) is 9.59. The minimum atomic E-state index is -2.75. The molecule has 42 heavy (non-hydrogen) atoms. The molecule has 2 saturated heterocycles. The van der Waals surface area contributed by atoms with Crippen LogP contribution in [0.3, 0.4) is 0 Å². The molecule has 0 bridgehead atoms. The molecule has 2 aliphatic carbocycles. The predicted octanol–water partition coefficient (Wildman–Crippen LogP) is 6.22. The van der Waals surface area contributed by atoms with Crippen LogP contribution in [0.5, 0.6) is 0 Å². The molecular weight excluding hydrogens is 580 g/mol. The fourth-order valence-corrected chi connectivity index (χ4v) is 9.10. The van der Waals surface area contributed by atoms with E-state index in [0.717, 1.165) is 58.6 Å². The van der Waals surface area contributed by atoms with Crippen molar-refractivity contribution >= 4 is 50.8 Å². The molecule has 2 aromatic heterocycles. The highest BCUT2D eigenvalue weighted by Gasteiger charge is 2.52. The quantitative estimate of drug-likeness (QED) is 0.347. The fourth-order valence-electron chi connectivity index (χ4n) is 7.73. The third-order valence-corrected chi connectivity index (χ3v) is 11.4. The highest BCUT2D eigenvalue weighted by molar-refractivity contribution is 7.19. The number of hydrogen-bond donors (Lipinski definition) is 1. The van der Waals surface area contributed by atoms with Crippen LogP contribution in [-0.4, -0.2) is 69.9 Å². The number of nitrogens with zero attached hydrogens (tertiary/aromatic N) is 4. The van der Waals surface area contributed by atoms with E-state index in [2.05, 4.69) is 27.3 Å². The van der Waals surface area contributed by atoms with Gasteiger partial charge in [-0.05, 0) is 68.4 Å². The van der Waals surface area contributed by atoms with Crippen LogP contribution in [0.1, 0.15) is 55.4 Å². The maximum atomic E-state index is 13.4. The van der Waals surface area contributed by atoms with Crippen LogP contribution in [-0.2, 0) is 17.8 Å². The molecule has 8 rings (SSSR count). The number of hydrogen-bond acceptors (Lipinski definition) is 6. The maximum Gasteiger partial charge on any atom is 0.327 e. The highest BCUT2D eigenvalue weighted by Crippen LogP contribution is 2.47. The molecule has 1 unspecified atom stereocenters. The lowest BCUT2D eigenvalue weighted by atomic mass is 9.75. The molecule has 3 aliphatic heterocycles. The Morgan fingerprint density at radius 1 is 1.05 bits per heavy atom. The summed E-state index contributed by atoms with van der Waals surface area (Å²) in [6, 6.07) is 7.51. The Hall–Kier alpha value is -2.82. The Kier molecular flexibility index (Phi) is 6.12. The van der Waals surface area contributed by atoms with Gasteiger partial charge in [0.05, 0.1) is 16.8 Å². The van der Waals surface area contributed by atoms with Gasteiger partial charge in [0, 0.05) is 76.5 Å². The number of rotatable bonds is 5. The molecule has 1 atom stereocenters. The topological polar surface area (TPSA) is 68.8 Å². The van der Waals surface area contributed by atoms with Crippen molar-refractivity contribution in [3.8, 4) is 11.1 Å². The molecule has 11 heteroatoms. The Morgan fingerprint density at radius 3 is 2.62 bits per heavy atom. The summed E-state index contributed by atoms with van der Waals surface area (Å²) in [6.45, 7) is 1.96. The van der Waals surface area contributed by atoms with Crippen molar-refractivity contribution in [2.75, 3.05) is 24.5 Å². The first kappa shape index (κ1) is 26.8. The molecule has 4 fully saturated rings. The van der Waals surface area contributed by atoms with E-state index in [1.165, 1.54) is 51.6 Å². The summed E-state index contributed by atoms with van der Waals surface area (Å²) in [7, 11) is 0. The van der Waals surface area contributed by atoms with E-state index in [4.69, 9.17) is 11.6 Å². The van der Waals surface area contributed by atoms with Gasteiger partial charge in [-0.25, -0.2) is 13.6 Å². The number of alkyl halides is 2. The summed E-state index contributed by atoms with van der Waals surface area (Å²) in [5.74, 6) is -3.11. The van der Waals surface area contributed by atoms with Gasteiger partial charge in [-0.2, -0.15) is 0 Å². The number of carbonyl (C=O) groups excluding carboxylic acids is 2. The Balaban J connectivity index is 1.12. The summed E-state index contributed by atoms with van der Waals surface area (Å²) >= 11 is 8.24. The van der Waals surface area contributed by atoms with Crippen molar-refractivity contribution in [2.24, 2.45) is 0 Å². The molecule has 3 amide bonds. The van der Waals surface area contributed by atoms with Crippen LogP contribution in [0.25, 0.3) is 21.3 Å². The average Bonchev–Trinajstić information content (AvgIpc) is 3.63. The second-order valence-corrected chi connectivity index (χ2v) is 14.3. The summed E-state index contributed by atoms with van der Waals surface area (Å²) in [4.78, 5) is 36.4. The minimum Gasteiger partial charge on any atom is -0.366 e. The van der Waals surface area contributed by atoms with Crippen LogP contribution in [0.15, 0.2) is 30.5 Å². The van der Waals surface area contributed by atoms with Gasteiger partial charge in [0.1, 0.15) is 6.54 Å². The molecule has 5 heterocycles.